The molecule has 0 radical (unpaired) electrons. The Balaban J connectivity index is 1.98. The van der Waals surface area contributed by atoms with Crippen LogP contribution in [0.3, 0.4) is 0 Å². The molecule has 1 atom stereocenters. The zero-order valence-electron chi connectivity index (χ0n) is 12.1. The van der Waals surface area contributed by atoms with Gasteiger partial charge in [-0.05, 0) is 35.7 Å². The van der Waals surface area contributed by atoms with Crippen LogP contribution in [0.4, 0.5) is 0 Å². The van der Waals surface area contributed by atoms with E-state index in [0.29, 0.717) is 5.41 Å². The van der Waals surface area contributed by atoms with Gasteiger partial charge in [0.25, 0.3) is 0 Å². The molecular formula is C16H23NOS. The first kappa shape index (κ1) is 14.6. The minimum absolute atomic E-state index is 0.0644. The van der Waals surface area contributed by atoms with Crippen LogP contribution in [0, 0.1) is 23.2 Å². The van der Waals surface area contributed by atoms with Crippen molar-refractivity contribution >= 4 is 11.3 Å². The highest BCUT2D eigenvalue weighted by Crippen LogP contribution is 2.34. The Hall–Kier alpha value is -0.820. The van der Waals surface area contributed by atoms with Crippen molar-refractivity contribution in [2.45, 2.75) is 33.7 Å². The quantitative estimate of drug-likeness (QED) is 0.840. The number of likely N-dealkylation sites (tertiary alicyclic amines) is 1. The minimum Gasteiger partial charge on any atom is -0.384 e. The van der Waals surface area contributed by atoms with Crippen LogP contribution >= 0.6 is 11.3 Å². The minimum atomic E-state index is -0.0644. The van der Waals surface area contributed by atoms with Crippen molar-refractivity contribution < 1.29 is 5.11 Å². The molecule has 1 aromatic rings. The summed E-state index contributed by atoms with van der Waals surface area (Å²) < 4.78 is 0. The maximum absolute atomic E-state index is 8.78. The van der Waals surface area contributed by atoms with Crippen LogP contribution in [0.1, 0.15) is 37.6 Å². The summed E-state index contributed by atoms with van der Waals surface area (Å²) in [6.45, 7) is 10.3. The fraction of sp³-hybridized carbons (Fsp3) is 0.625. The maximum Gasteiger partial charge on any atom is 0.104 e. The number of nitrogens with zero attached hydrogens (tertiary/aromatic N) is 1. The molecule has 19 heavy (non-hydrogen) atoms. The number of hydrogen-bond acceptors (Lipinski definition) is 3. The fourth-order valence-corrected chi connectivity index (χ4v) is 3.47. The molecule has 0 aromatic carbocycles. The molecule has 3 heteroatoms. The molecule has 0 amide bonds. The van der Waals surface area contributed by atoms with Gasteiger partial charge in [0, 0.05) is 23.5 Å². The molecule has 0 saturated carbocycles. The largest absolute Gasteiger partial charge is 0.384 e. The third-order valence-electron chi connectivity index (χ3n) is 3.91. The molecule has 1 aliphatic rings. The van der Waals surface area contributed by atoms with Crippen LogP contribution in [-0.4, -0.2) is 29.7 Å². The van der Waals surface area contributed by atoms with E-state index in [-0.39, 0.29) is 6.61 Å². The van der Waals surface area contributed by atoms with Gasteiger partial charge in [0.2, 0.25) is 0 Å². The Morgan fingerprint density at radius 2 is 2.26 bits per heavy atom. The molecule has 0 spiro atoms. The molecule has 0 bridgehead atoms. The second kappa shape index (κ2) is 6.09. The van der Waals surface area contributed by atoms with Crippen LogP contribution in [0.5, 0.6) is 0 Å². The summed E-state index contributed by atoms with van der Waals surface area (Å²) in [7, 11) is 0. The predicted octanol–water partition coefficient (Wildman–Crippen LogP) is 2.96. The maximum atomic E-state index is 8.78. The molecule has 1 aromatic heterocycles. The van der Waals surface area contributed by atoms with Crippen molar-refractivity contribution in [3.8, 4) is 11.8 Å². The smallest absolute Gasteiger partial charge is 0.104 e. The van der Waals surface area contributed by atoms with Crippen molar-refractivity contribution in [1.82, 2.24) is 4.90 Å². The van der Waals surface area contributed by atoms with Crippen LogP contribution in [-0.2, 0) is 6.54 Å². The second-order valence-corrected chi connectivity index (χ2v) is 7.30. The lowest BCUT2D eigenvalue weighted by atomic mass is 9.80. The summed E-state index contributed by atoms with van der Waals surface area (Å²) in [6, 6.07) is 2.06. The monoisotopic (exact) mass is 277 g/mol. The normalized spacial score (nSPS) is 20.3. The average molecular weight is 277 g/mol. The van der Waals surface area contributed by atoms with E-state index in [0.717, 1.165) is 18.0 Å². The van der Waals surface area contributed by atoms with Gasteiger partial charge in [-0.2, -0.15) is 0 Å². The third-order valence-corrected chi connectivity index (χ3v) is 4.82. The standard InChI is InChI=1S/C16H23NOS/c1-16(2,3)14-6-8-17(11-14)12-15-13(5-4-9-18)7-10-19-15/h7,10,14,18H,6,8-9,11-12H2,1-3H3. The Morgan fingerprint density at radius 3 is 2.89 bits per heavy atom. The van der Waals surface area contributed by atoms with Gasteiger partial charge in [0.1, 0.15) is 6.61 Å². The lowest BCUT2D eigenvalue weighted by Gasteiger charge is -2.27. The van der Waals surface area contributed by atoms with E-state index in [4.69, 9.17) is 5.11 Å². The average Bonchev–Trinajstić information content (AvgIpc) is 2.95. The molecular weight excluding hydrogens is 254 g/mol. The topological polar surface area (TPSA) is 23.5 Å². The molecule has 2 nitrogen and oxygen atoms in total. The van der Waals surface area contributed by atoms with Gasteiger partial charge < -0.3 is 5.11 Å². The number of thiophene rings is 1. The lowest BCUT2D eigenvalue weighted by Crippen LogP contribution is -2.25. The number of aliphatic hydroxyl groups excluding tert-OH is 1. The van der Waals surface area contributed by atoms with E-state index in [1.807, 2.05) is 0 Å². The van der Waals surface area contributed by atoms with E-state index in [9.17, 15) is 0 Å². The molecule has 0 aliphatic carbocycles. The summed E-state index contributed by atoms with van der Waals surface area (Å²) >= 11 is 1.77. The molecule has 2 heterocycles. The lowest BCUT2D eigenvalue weighted by molar-refractivity contribution is 0.227. The molecule has 1 N–H and O–H groups in total. The Morgan fingerprint density at radius 1 is 1.47 bits per heavy atom. The van der Waals surface area contributed by atoms with Gasteiger partial charge in [-0.15, -0.1) is 11.3 Å². The Bertz CT molecular complexity index is 475. The van der Waals surface area contributed by atoms with Gasteiger partial charge in [-0.1, -0.05) is 32.6 Å². The van der Waals surface area contributed by atoms with Crippen LogP contribution in [0.15, 0.2) is 11.4 Å². The third kappa shape index (κ3) is 3.82. The number of aliphatic hydroxyl groups is 1. The number of hydrogen-bond donors (Lipinski definition) is 1. The van der Waals surface area contributed by atoms with Gasteiger partial charge in [-0.3, -0.25) is 4.90 Å². The summed E-state index contributed by atoms with van der Waals surface area (Å²) in [4.78, 5) is 3.86. The molecule has 1 saturated heterocycles. The highest BCUT2D eigenvalue weighted by atomic mass is 32.1. The predicted molar refractivity (Wildman–Crippen MR) is 81.1 cm³/mol. The van der Waals surface area contributed by atoms with E-state index in [1.165, 1.54) is 24.4 Å². The Kier molecular flexibility index (Phi) is 4.67. The van der Waals surface area contributed by atoms with Gasteiger partial charge in [0.15, 0.2) is 0 Å². The Labute approximate surface area is 120 Å². The molecule has 104 valence electrons. The first-order valence-corrected chi connectivity index (χ1v) is 7.77. The van der Waals surface area contributed by atoms with Crippen LogP contribution in [0.2, 0.25) is 0 Å². The molecule has 2 rings (SSSR count). The SMILES string of the molecule is CC(C)(C)C1CCN(Cc2sccc2C#CCO)C1. The zero-order valence-corrected chi connectivity index (χ0v) is 12.9. The van der Waals surface area contributed by atoms with E-state index >= 15 is 0 Å². The fourth-order valence-electron chi connectivity index (χ4n) is 2.60. The first-order chi connectivity index (χ1) is 9.00. The number of rotatable bonds is 2. The van der Waals surface area contributed by atoms with Gasteiger partial charge >= 0.3 is 0 Å². The molecule has 1 unspecified atom stereocenters. The van der Waals surface area contributed by atoms with E-state index < -0.39 is 0 Å². The first-order valence-electron chi connectivity index (χ1n) is 6.89. The highest BCUT2D eigenvalue weighted by Gasteiger charge is 2.31. The summed E-state index contributed by atoms with van der Waals surface area (Å²) in [5.41, 5.74) is 1.49. The van der Waals surface area contributed by atoms with E-state index in [1.54, 1.807) is 11.3 Å². The van der Waals surface area contributed by atoms with Gasteiger partial charge in [-0.25, -0.2) is 0 Å². The zero-order chi connectivity index (χ0) is 13.9. The highest BCUT2D eigenvalue weighted by molar-refractivity contribution is 7.10. The van der Waals surface area contributed by atoms with Crippen LogP contribution in [0.25, 0.3) is 0 Å². The summed E-state index contributed by atoms with van der Waals surface area (Å²) in [5, 5.41) is 10.9. The van der Waals surface area contributed by atoms with E-state index in [2.05, 4.69) is 49.0 Å². The van der Waals surface area contributed by atoms with Crippen molar-refractivity contribution in [3.63, 3.8) is 0 Å². The van der Waals surface area contributed by atoms with Crippen molar-refractivity contribution in [2.24, 2.45) is 11.3 Å². The summed E-state index contributed by atoms with van der Waals surface area (Å²) in [5.74, 6) is 6.58. The molecule has 1 aliphatic heterocycles. The second-order valence-electron chi connectivity index (χ2n) is 6.30. The van der Waals surface area contributed by atoms with Crippen molar-refractivity contribution in [1.29, 1.82) is 0 Å². The van der Waals surface area contributed by atoms with Gasteiger partial charge in [0.05, 0.1) is 0 Å². The molecule has 1 fully saturated rings. The van der Waals surface area contributed by atoms with Crippen molar-refractivity contribution in [2.75, 3.05) is 19.7 Å². The summed E-state index contributed by atoms with van der Waals surface area (Å²) in [6.07, 6.45) is 1.30. The van der Waals surface area contributed by atoms with Crippen LogP contribution < -0.4 is 0 Å². The van der Waals surface area contributed by atoms with Crippen molar-refractivity contribution in [3.05, 3.63) is 21.9 Å².